The second-order valence-electron chi connectivity index (χ2n) is 9.59. The Morgan fingerprint density at radius 3 is 2.33 bits per heavy atom. The van der Waals surface area contributed by atoms with Crippen LogP contribution in [0.5, 0.6) is 23.6 Å². The van der Waals surface area contributed by atoms with Crippen molar-refractivity contribution in [3.63, 3.8) is 0 Å². The standard InChI is InChI=1S/C25H36N6O5/c1-15-9-10-16(25(2,3)4)13-18(15)36-24-27-17(14-35-24)20(32)28-19-21(33-7)29-23(30-22(19)34-8)26-11-12-31(5)6/h9-10,13-14,20,28,32H,11-12H2,1-8H3,(H,26,29,30). The van der Waals surface area contributed by atoms with E-state index in [1.165, 1.54) is 20.5 Å². The van der Waals surface area contributed by atoms with Gasteiger partial charge < -0.3 is 39.3 Å². The van der Waals surface area contributed by atoms with Crippen molar-refractivity contribution in [2.45, 2.75) is 39.3 Å². The van der Waals surface area contributed by atoms with Gasteiger partial charge in [0.05, 0.1) is 14.2 Å². The molecule has 0 fully saturated rings. The van der Waals surface area contributed by atoms with Crippen LogP contribution in [0.2, 0.25) is 0 Å². The number of nitrogens with zero attached hydrogens (tertiary/aromatic N) is 4. The summed E-state index contributed by atoms with van der Waals surface area (Å²) in [5, 5.41) is 16.8. The summed E-state index contributed by atoms with van der Waals surface area (Å²) in [6.07, 6.45) is 0.0510. The first-order valence-electron chi connectivity index (χ1n) is 11.6. The molecule has 11 nitrogen and oxygen atoms in total. The van der Waals surface area contributed by atoms with Crippen molar-refractivity contribution in [1.82, 2.24) is 19.9 Å². The maximum Gasteiger partial charge on any atom is 0.399 e. The summed E-state index contributed by atoms with van der Waals surface area (Å²) in [7, 11) is 6.89. The van der Waals surface area contributed by atoms with Crippen molar-refractivity contribution in [3.8, 4) is 23.6 Å². The highest BCUT2D eigenvalue weighted by atomic mass is 16.6. The van der Waals surface area contributed by atoms with Gasteiger partial charge in [-0.2, -0.15) is 15.0 Å². The number of aromatic nitrogens is 3. The van der Waals surface area contributed by atoms with Crippen molar-refractivity contribution in [2.24, 2.45) is 0 Å². The summed E-state index contributed by atoms with van der Waals surface area (Å²) in [4.78, 5) is 15.0. The van der Waals surface area contributed by atoms with E-state index >= 15 is 0 Å². The fraction of sp³-hybridized carbons (Fsp3) is 0.480. The average Bonchev–Trinajstić information content (AvgIpc) is 3.28. The first-order valence-corrected chi connectivity index (χ1v) is 11.6. The lowest BCUT2D eigenvalue weighted by Crippen LogP contribution is -2.22. The number of nitrogens with one attached hydrogen (secondary N) is 2. The highest BCUT2D eigenvalue weighted by Gasteiger charge is 2.23. The first-order chi connectivity index (χ1) is 17.0. The molecule has 0 aliphatic rings. The number of anilines is 2. The summed E-state index contributed by atoms with van der Waals surface area (Å²) in [5.41, 5.74) is 2.49. The molecule has 1 unspecified atom stereocenters. The molecule has 2 heterocycles. The molecule has 0 amide bonds. The molecule has 0 bridgehead atoms. The number of methoxy groups -OCH3 is 2. The van der Waals surface area contributed by atoms with E-state index in [-0.39, 0.29) is 34.6 Å². The monoisotopic (exact) mass is 500 g/mol. The fourth-order valence-electron chi connectivity index (χ4n) is 3.23. The van der Waals surface area contributed by atoms with E-state index in [4.69, 9.17) is 18.6 Å². The summed E-state index contributed by atoms with van der Waals surface area (Å²) >= 11 is 0. The molecule has 3 aromatic rings. The minimum Gasteiger partial charge on any atom is -0.479 e. The van der Waals surface area contributed by atoms with Gasteiger partial charge in [-0.25, -0.2) is 0 Å². The van der Waals surface area contributed by atoms with Crippen molar-refractivity contribution in [1.29, 1.82) is 0 Å². The van der Waals surface area contributed by atoms with E-state index < -0.39 is 6.23 Å². The van der Waals surface area contributed by atoms with Crippen LogP contribution in [-0.2, 0) is 5.41 Å². The van der Waals surface area contributed by atoms with Crippen LogP contribution in [0.1, 0.15) is 43.8 Å². The van der Waals surface area contributed by atoms with Gasteiger partial charge in [-0.1, -0.05) is 32.9 Å². The molecule has 0 radical (unpaired) electrons. The number of hydrogen-bond acceptors (Lipinski definition) is 11. The summed E-state index contributed by atoms with van der Waals surface area (Å²) in [5.74, 6) is 1.37. The zero-order chi connectivity index (χ0) is 26.5. The molecule has 1 atom stereocenters. The van der Waals surface area contributed by atoms with Crippen molar-refractivity contribution < 1.29 is 23.7 Å². The number of aliphatic hydroxyl groups is 1. The summed E-state index contributed by atoms with van der Waals surface area (Å²) < 4.78 is 22.2. The smallest absolute Gasteiger partial charge is 0.399 e. The normalized spacial score (nSPS) is 12.4. The zero-order valence-corrected chi connectivity index (χ0v) is 22.2. The van der Waals surface area contributed by atoms with Gasteiger partial charge in [0.25, 0.3) is 0 Å². The number of ether oxygens (including phenoxy) is 3. The van der Waals surface area contributed by atoms with Gasteiger partial charge in [0.1, 0.15) is 17.7 Å². The van der Waals surface area contributed by atoms with Gasteiger partial charge in [0, 0.05) is 13.1 Å². The highest BCUT2D eigenvalue weighted by molar-refractivity contribution is 5.63. The Balaban J connectivity index is 1.76. The third kappa shape index (κ3) is 6.76. The lowest BCUT2D eigenvalue weighted by atomic mass is 9.86. The molecule has 1 aromatic carbocycles. The van der Waals surface area contributed by atoms with E-state index in [0.717, 1.165) is 17.7 Å². The lowest BCUT2D eigenvalue weighted by molar-refractivity contribution is 0.201. The Morgan fingerprint density at radius 1 is 1.08 bits per heavy atom. The predicted molar refractivity (Wildman–Crippen MR) is 137 cm³/mol. The van der Waals surface area contributed by atoms with Gasteiger partial charge in [-0.05, 0) is 43.6 Å². The fourth-order valence-corrected chi connectivity index (χ4v) is 3.23. The van der Waals surface area contributed by atoms with E-state index in [2.05, 4.69) is 52.4 Å². The van der Waals surface area contributed by atoms with E-state index in [1.807, 2.05) is 38.1 Å². The van der Waals surface area contributed by atoms with Crippen LogP contribution in [0.15, 0.2) is 28.9 Å². The van der Waals surface area contributed by atoms with Crippen LogP contribution in [0, 0.1) is 6.92 Å². The molecule has 0 aliphatic carbocycles. The van der Waals surface area contributed by atoms with Gasteiger partial charge in [0.2, 0.25) is 17.7 Å². The molecule has 3 N–H and O–H groups in total. The third-order valence-electron chi connectivity index (χ3n) is 5.38. The number of likely N-dealkylation sites (N-methyl/N-ethyl adjacent to an activating group) is 1. The maximum atomic E-state index is 10.8. The van der Waals surface area contributed by atoms with Crippen LogP contribution in [-0.4, -0.2) is 66.4 Å². The number of benzene rings is 1. The predicted octanol–water partition coefficient (Wildman–Crippen LogP) is 3.96. The topological polar surface area (TPSA) is 127 Å². The van der Waals surface area contributed by atoms with Gasteiger partial charge in [-0.3, -0.25) is 0 Å². The quantitative estimate of drug-likeness (QED) is 0.331. The van der Waals surface area contributed by atoms with Gasteiger partial charge in [0.15, 0.2) is 11.9 Å². The molecule has 196 valence electrons. The van der Waals surface area contributed by atoms with Gasteiger partial charge >= 0.3 is 6.08 Å². The van der Waals surface area contributed by atoms with Crippen LogP contribution < -0.4 is 24.8 Å². The van der Waals surface area contributed by atoms with E-state index in [1.54, 1.807) is 0 Å². The Kier molecular flexibility index (Phi) is 8.59. The number of oxazole rings is 1. The van der Waals surface area contributed by atoms with Crippen molar-refractivity contribution >= 4 is 11.6 Å². The zero-order valence-electron chi connectivity index (χ0n) is 22.2. The molecule has 0 saturated heterocycles. The Morgan fingerprint density at radius 2 is 1.75 bits per heavy atom. The minimum atomic E-state index is -1.27. The Bertz CT molecular complexity index is 1130. The van der Waals surface area contributed by atoms with E-state index in [0.29, 0.717) is 18.2 Å². The largest absolute Gasteiger partial charge is 0.479 e. The molecule has 11 heteroatoms. The lowest BCUT2D eigenvalue weighted by Gasteiger charge is -2.20. The summed E-state index contributed by atoms with van der Waals surface area (Å²) in [6, 6.07) is 6.03. The maximum absolute atomic E-state index is 10.8. The number of aryl methyl sites for hydroxylation is 1. The molecule has 0 saturated carbocycles. The molecule has 3 rings (SSSR count). The first kappa shape index (κ1) is 27.0. The second-order valence-corrected chi connectivity index (χ2v) is 9.59. The van der Waals surface area contributed by atoms with Crippen LogP contribution in [0.4, 0.5) is 11.6 Å². The number of hydrogen-bond donors (Lipinski definition) is 3. The number of aliphatic hydroxyl groups excluding tert-OH is 1. The Labute approximate surface area is 211 Å². The SMILES string of the molecule is COc1nc(NCCN(C)C)nc(OC)c1NC(O)c1coc(Oc2cc(C(C)(C)C)ccc2C)n1. The van der Waals surface area contributed by atoms with Crippen LogP contribution in [0.25, 0.3) is 0 Å². The minimum absolute atomic E-state index is 0.00984. The van der Waals surface area contributed by atoms with Crippen molar-refractivity contribution in [2.75, 3.05) is 52.0 Å². The second kappa shape index (κ2) is 11.4. The van der Waals surface area contributed by atoms with E-state index in [9.17, 15) is 5.11 Å². The molecular formula is C25H36N6O5. The molecule has 0 spiro atoms. The molecule has 0 aliphatic heterocycles. The highest BCUT2D eigenvalue weighted by Crippen LogP contribution is 2.36. The summed E-state index contributed by atoms with van der Waals surface area (Å²) in [6.45, 7) is 9.76. The number of rotatable bonds is 11. The van der Waals surface area contributed by atoms with Crippen LogP contribution in [0.3, 0.4) is 0 Å². The molecule has 2 aromatic heterocycles. The van der Waals surface area contributed by atoms with Crippen LogP contribution >= 0.6 is 0 Å². The van der Waals surface area contributed by atoms with Crippen molar-refractivity contribution in [3.05, 3.63) is 41.3 Å². The third-order valence-corrected chi connectivity index (χ3v) is 5.38. The molecule has 36 heavy (non-hydrogen) atoms. The average molecular weight is 501 g/mol. The molecular weight excluding hydrogens is 464 g/mol. The Hall–Kier alpha value is -3.57. The van der Waals surface area contributed by atoms with Gasteiger partial charge in [-0.15, -0.1) is 0 Å².